The third kappa shape index (κ3) is 5.73. The highest BCUT2D eigenvalue weighted by Crippen LogP contribution is 2.12. The molecule has 21 heavy (non-hydrogen) atoms. The molecule has 1 N–H and O–H groups in total. The van der Waals surface area contributed by atoms with E-state index < -0.39 is 0 Å². The van der Waals surface area contributed by atoms with Crippen molar-refractivity contribution in [3.63, 3.8) is 0 Å². The van der Waals surface area contributed by atoms with Gasteiger partial charge in [-0.1, -0.05) is 0 Å². The standard InChI is InChI=1S/C15H27N3O3/c1-4-17(5-2)15(21)16-13-8-10-18(11-9-13)14(20)7-6-12(3)19/h13H,4-11H2,1-3H3,(H,16,21). The van der Waals surface area contributed by atoms with Gasteiger partial charge in [-0.2, -0.15) is 0 Å². The smallest absolute Gasteiger partial charge is 0.317 e. The maximum atomic E-state index is 12.0. The molecule has 1 aliphatic rings. The highest BCUT2D eigenvalue weighted by atomic mass is 16.2. The van der Waals surface area contributed by atoms with Crippen molar-refractivity contribution in [2.45, 2.75) is 52.5 Å². The summed E-state index contributed by atoms with van der Waals surface area (Å²) < 4.78 is 0. The summed E-state index contributed by atoms with van der Waals surface area (Å²) in [5.74, 6) is 0.0865. The maximum absolute atomic E-state index is 12.0. The summed E-state index contributed by atoms with van der Waals surface area (Å²) in [4.78, 5) is 38.3. The summed E-state index contributed by atoms with van der Waals surface area (Å²) >= 11 is 0. The third-order valence-corrected chi connectivity index (χ3v) is 3.92. The van der Waals surface area contributed by atoms with Crippen molar-refractivity contribution >= 4 is 17.7 Å². The van der Waals surface area contributed by atoms with Crippen LogP contribution in [0.3, 0.4) is 0 Å². The quantitative estimate of drug-likeness (QED) is 0.805. The minimum Gasteiger partial charge on any atom is -0.343 e. The van der Waals surface area contributed by atoms with Gasteiger partial charge in [0.15, 0.2) is 0 Å². The largest absolute Gasteiger partial charge is 0.343 e. The predicted octanol–water partition coefficient (Wildman–Crippen LogP) is 1.40. The second kappa shape index (κ2) is 8.64. The summed E-state index contributed by atoms with van der Waals surface area (Å²) in [6.45, 7) is 8.12. The molecule has 0 atom stereocenters. The van der Waals surface area contributed by atoms with E-state index >= 15 is 0 Å². The van der Waals surface area contributed by atoms with Crippen LogP contribution in [0.1, 0.15) is 46.5 Å². The van der Waals surface area contributed by atoms with Gasteiger partial charge in [-0.15, -0.1) is 0 Å². The van der Waals surface area contributed by atoms with Crippen molar-refractivity contribution in [2.75, 3.05) is 26.2 Å². The third-order valence-electron chi connectivity index (χ3n) is 3.92. The van der Waals surface area contributed by atoms with Crippen LogP contribution in [0.4, 0.5) is 4.79 Å². The van der Waals surface area contributed by atoms with Gasteiger partial charge in [0.25, 0.3) is 0 Å². The summed E-state index contributed by atoms with van der Waals surface area (Å²) in [7, 11) is 0. The topological polar surface area (TPSA) is 69.7 Å². The Morgan fingerprint density at radius 1 is 1.10 bits per heavy atom. The van der Waals surface area contributed by atoms with Crippen LogP contribution >= 0.6 is 0 Å². The molecule has 1 fully saturated rings. The van der Waals surface area contributed by atoms with E-state index in [0.29, 0.717) is 39.0 Å². The summed E-state index contributed by atoms with van der Waals surface area (Å²) in [6, 6.07) is 0.108. The van der Waals surface area contributed by atoms with Gasteiger partial charge in [0.2, 0.25) is 5.91 Å². The first-order chi connectivity index (χ1) is 9.97. The van der Waals surface area contributed by atoms with Crippen molar-refractivity contribution in [1.82, 2.24) is 15.1 Å². The Kier molecular flexibility index (Phi) is 7.19. The van der Waals surface area contributed by atoms with Crippen LogP contribution in [0.5, 0.6) is 0 Å². The zero-order valence-corrected chi connectivity index (χ0v) is 13.4. The van der Waals surface area contributed by atoms with Crippen molar-refractivity contribution in [3.05, 3.63) is 0 Å². The first-order valence-electron chi connectivity index (χ1n) is 7.80. The summed E-state index contributed by atoms with van der Waals surface area (Å²) in [6.07, 6.45) is 2.17. The summed E-state index contributed by atoms with van der Waals surface area (Å²) in [5, 5.41) is 3.03. The average molecular weight is 297 g/mol. The second-order valence-corrected chi connectivity index (χ2v) is 5.48. The van der Waals surface area contributed by atoms with Crippen LogP contribution in [0.15, 0.2) is 0 Å². The number of piperidine rings is 1. The van der Waals surface area contributed by atoms with Gasteiger partial charge >= 0.3 is 6.03 Å². The number of nitrogens with zero attached hydrogens (tertiary/aromatic N) is 2. The first-order valence-corrected chi connectivity index (χ1v) is 7.80. The molecule has 0 radical (unpaired) electrons. The number of hydrogen-bond donors (Lipinski definition) is 1. The van der Waals surface area contributed by atoms with E-state index in [-0.39, 0.29) is 23.8 Å². The lowest BCUT2D eigenvalue weighted by atomic mass is 10.0. The molecule has 6 nitrogen and oxygen atoms in total. The molecule has 6 heteroatoms. The van der Waals surface area contributed by atoms with Crippen molar-refractivity contribution in [3.8, 4) is 0 Å². The van der Waals surface area contributed by atoms with Crippen LogP contribution in [-0.4, -0.2) is 59.7 Å². The van der Waals surface area contributed by atoms with E-state index in [4.69, 9.17) is 0 Å². The highest BCUT2D eigenvalue weighted by molar-refractivity contribution is 5.83. The predicted molar refractivity (Wildman–Crippen MR) is 81.0 cm³/mol. The molecule has 0 bridgehead atoms. The molecule has 0 unspecified atom stereocenters. The van der Waals surface area contributed by atoms with E-state index in [1.54, 1.807) is 9.80 Å². The van der Waals surface area contributed by atoms with E-state index in [0.717, 1.165) is 12.8 Å². The normalized spacial score (nSPS) is 15.7. The van der Waals surface area contributed by atoms with Gasteiger partial charge in [-0.25, -0.2) is 4.79 Å². The van der Waals surface area contributed by atoms with Crippen LogP contribution < -0.4 is 5.32 Å². The molecule has 1 aliphatic heterocycles. The Morgan fingerprint density at radius 2 is 1.67 bits per heavy atom. The zero-order valence-electron chi connectivity index (χ0n) is 13.4. The monoisotopic (exact) mass is 297 g/mol. The number of urea groups is 1. The fraction of sp³-hybridized carbons (Fsp3) is 0.800. The Bertz CT molecular complexity index is 372. The zero-order chi connectivity index (χ0) is 15.8. The lowest BCUT2D eigenvalue weighted by Gasteiger charge is -2.33. The molecule has 120 valence electrons. The number of likely N-dealkylation sites (tertiary alicyclic amines) is 1. The minimum atomic E-state index is -0.0265. The van der Waals surface area contributed by atoms with Crippen LogP contribution in [0.25, 0.3) is 0 Å². The van der Waals surface area contributed by atoms with Crippen LogP contribution in [-0.2, 0) is 9.59 Å². The molecular formula is C15H27N3O3. The summed E-state index contributed by atoms with van der Waals surface area (Å²) in [5.41, 5.74) is 0. The Balaban J connectivity index is 2.33. The molecule has 0 aromatic heterocycles. The average Bonchev–Trinajstić information content (AvgIpc) is 2.46. The second-order valence-electron chi connectivity index (χ2n) is 5.48. The van der Waals surface area contributed by atoms with E-state index in [1.807, 2.05) is 13.8 Å². The Labute approximate surface area is 126 Å². The number of Topliss-reactive ketones (excluding diaryl/α,β-unsaturated/α-hetero) is 1. The van der Waals surface area contributed by atoms with Gasteiger partial charge in [-0.3, -0.25) is 4.79 Å². The number of carbonyl (C=O) groups excluding carboxylic acids is 3. The van der Waals surface area contributed by atoms with Gasteiger partial charge in [-0.05, 0) is 33.6 Å². The molecular weight excluding hydrogens is 270 g/mol. The van der Waals surface area contributed by atoms with E-state index in [9.17, 15) is 14.4 Å². The SMILES string of the molecule is CCN(CC)C(=O)NC1CCN(C(=O)CCC(C)=O)CC1. The molecule has 0 aliphatic carbocycles. The first kappa shape index (κ1) is 17.5. The van der Waals surface area contributed by atoms with Gasteiger partial charge in [0.05, 0.1) is 0 Å². The molecule has 1 rings (SSSR count). The maximum Gasteiger partial charge on any atom is 0.317 e. The van der Waals surface area contributed by atoms with Crippen molar-refractivity contribution in [2.24, 2.45) is 0 Å². The molecule has 0 spiro atoms. The highest BCUT2D eigenvalue weighted by Gasteiger charge is 2.24. The number of carbonyl (C=O) groups is 3. The number of hydrogen-bond acceptors (Lipinski definition) is 3. The number of ketones is 1. The van der Waals surface area contributed by atoms with Crippen molar-refractivity contribution < 1.29 is 14.4 Å². The van der Waals surface area contributed by atoms with E-state index in [2.05, 4.69) is 5.32 Å². The van der Waals surface area contributed by atoms with Crippen LogP contribution in [0, 0.1) is 0 Å². The Hall–Kier alpha value is -1.59. The molecule has 0 aromatic carbocycles. The molecule has 1 heterocycles. The van der Waals surface area contributed by atoms with Gasteiger partial charge < -0.3 is 19.9 Å². The van der Waals surface area contributed by atoms with Gasteiger partial charge in [0, 0.05) is 45.1 Å². The lowest BCUT2D eigenvalue weighted by Crippen LogP contribution is -2.50. The van der Waals surface area contributed by atoms with Gasteiger partial charge in [0.1, 0.15) is 5.78 Å². The lowest BCUT2D eigenvalue weighted by molar-refractivity contribution is -0.133. The van der Waals surface area contributed by atoms with E-state index in [1.165, 1.54) is 6.92 Å². The fourth-order valence-corrected chi connectivity index (χ4v) is 2.49. The van der Waals surface area contributed by atoms with Crippen LogP contribution in [0.2, 0.25) is 0 Å². The number of amides is 3. The fourth-order valence-electron chi connectivity index (χ4n) is 2.49. The minimum absolute atomic E-state index is 0.0265. The molecule has 1 saturated heterocycles. The molecule has 0 saturated carbocycles. The number of nitrogens with one attached hydrogen (secondary N) is 1. The molecule has 3 amide bonds. The number of rotatable bonds is 6. The Morgan fingerprint density at radius 3 is 2.14 bits per heavy atom. The molecule has 0 aromatic rings. The van der Waals surface area contributed by atoms with Crippen molar-refractivity contribution in [1.29, 1.82) is 0 Å².